The summed E-state index contributed by atoms with van der Waals surface area (Å²) < 4.78 is 5.25. The van der Waals surface area contributed by atoms with Gasteiger partial charge in [-0.05, 0) is 12.3 Å². The summed E-state index contributed by atoms with van der Waals surface area (Å²) in [5, 5.41) is 17.6. The second kappa shape index (κ2) is 9.44. The summed E-state index contributed by atoms with van der Waals surface area (Å²) in [5.41, 5.74) is 0. The van der Waals surface area contributed by atoms with Crippen molar-refractivity contribution < 1.29 is 14.9 Å². The van der Waals surface area contributed by atoms with E-state index in [2.05, 4.69) is 13.8 Å². The molecule has 3 nitrogen and oxygen atoms in total. The van der Waals surface area contributed by atoms with Crippen LogP contribution in [0.25, 0.3) is 0 Å². The highest BCUT2D eigenvalue weighted by molar-refractivity contribution is 4.56. The zero-order valence-corrected chi connectivity index (χ0v) is 9.41. The van der Waals surface area contributed by atoms with E-state index in [1.54, 1.807) is 0 Å². The molecule has 0 aromatic rings. The highest BCUT2D eigenvalue weighted by atomic mass is 16.5. The van der Waals surface area contributed by atoms with Crippen LogP contribution < -0.4 is 0 Å². The fourth-order valence-corrected chi connectivity index (χ4v) is 1.48. The summed E-state index contributed by atoms with van der Waals surface area (Å²) in [6.45, 7) is 5.11. The summed E-state index contributed by atoms with van der Waals surface area (Å²) in [6, 6.07) is 0. The van der Waals surface area contributed by atoms with Gasteiger partial charge in [-0.15, -0.1) is 0 Å². The van der Waals surface area contributed by atoms with Crippen molar-refractivity contribution >= 4 is 0 Å². The van der Waals surface area contributed by atoms with Crippen LogP contribution in [-0.4, -0.2) is 36.1 Å². The van der Waals surface area contributed by atoms with E-state index in [-0.39, 0.29) is 13.2 Å². The molecule has 0 aliphatic carbocycles. The number of ether oxygens (including phenoxy) is 1. The van der Waals surface area contributed by atoms with Gasteiger partial charge in [0.1, 0.15) is 6.10 Å². The third-order valence-corrected chi connectivity index (χ3v) is 2.47. The predicted molar refractivity (Wildman–Crippen MR) is 57.2 cm³/mol. The van der Waals surface area contributed by atoms with Crippen LogP contribution >= 0.6 is 0 Å². The summed E-state index contributed by atoms with van der Waals surface area (Å²) in [7, 11) is 0. The van der Waals surface area contributed by atoms with Gasteiger partial charge in [-0.3, -0.25) is 0 Å². The Morgan fingerprint density at radius 1 is 1.21 bits per heavy atom. The van der Waals surface area contributed by atoms with E-state index >= 15 is 0 Å². The standard InChI is InChI=1S/C11H24O3/c1-3-5-10(4-2)6-7-14-9-11(13)8-12/h10-13H,3-9H2,1-2H3. The minimum absolute atomic E-state index is 0.216. The summed E-state index contributed by atoms with van der Waals surface area (Å²) in [5.74, 6) is 0.742. The number of aliphatic hydroxyl groups is 2. The second-order valence-electron chi connectivity index (χ2n) is 3.76. The number of rotatable bonds is 9. The quantitative estimate of drug-likeness (QED) is 0.561. The molecule has 2 N–H and O–H groups in total. The first-order chi connectivity index (χ1) is 6.74. The average molecular weight is 204 g/mol. The molecule has 0 aliphatic rings. The van der Waals surface area contributed by atoms with Crippen LogP contribution in [0.5, 0.6) is 0 Å². The van der Waals surface area contributed by atoms with Gasteiger partial charge in [0.05, 0.1) is 13.2 Å². The zero-order chi connectivity index (χ0) is 10.8. The monoisotopic (exact) mass is 204 g/mol. The topological polar surface area (TPSA) is 49.7 Å². The number of hydrogen-bond donors (Lipinski definition) is 2. The Balaban J connectivity index is 3.32. The number of aliphatic hydroxyl groups excluding tert-OH is 2. The Bertz CT molecular complexity index is 117. The minimum Gasteiger partial charge on any atom is -0.394 e. The molecule has 0 aromatic heterocycles. The van der Waals surface area contributed by atoms with Crippen molar-refractivity contribution in [1.29, 1.82) is 0 Å². The maximum Gasteiger partial charge on any atom is 0.100 e. The third kappa shape index (κ3) is 7.30. The summed E-state index contributed by atoms with van der Waals surface area (Å²) >= 11 is 0. The van der Waals surface area contributed by atoms with Crippen molar-refractivity contribution in [2.75, 3.05) is 19.8 Å². The van der Waals surface area contributed by atoms with Crippen molar-refractivity contribution in [3.05, 3.63) is 0 Å². The van der Waals surface area contributed by atoms with Crippen LogP contribution in [0, 0.1) is 5.92 Å². The minimum atomic E-state index is -0.721. The molecule has 0 fully saturated rings. The molecular formula is C11H24O3. The molecule has 0 spiro atoms. The largest absolute Gasteiger partial charge is 0.394 e. The van der Waals surface area contributed by atoms with E-state index in [0.29, 0.717) is 6.61 Å². The molecule has 86 valence electrons. The molecule has 2 unspecified atom stereocenters. The van der Waals surface area contributed by atoms with Gasteiger partial charge in [-0.2, -0.15) is 0 Å². The van der Waals surface area contributed by atoms with E-state index in [4.69, 9.17) is 14.9 Å². The Morgan fingerprint density at radius 3 is 2.43 bits per heavy atom. The Labute approximate surface area is 87.1 Å². The molecule has 0 saturated heterocycles. The van der Waals surface area contributed by atoms with Crippen LogP contribution in [0.1, 0.15) is 39.5 Å². The fourth-order valence-electron chi connectivity index (χ4n) is 1.48. The van der Waals surface area contributed by atoms with Crippen molar-refractivity contribution in [2.45, 2.75) is 45.6 Å². The smallest absolute Gasteiger partial charge is 0.100 e. The van der Waals surface area contributed by atoms with Gasteiger partial charge in [0.15, 0.2) is 0 Å². The van der Waals surface area contributed by atoms with Gasteiger partial charge in [-0.25, -0.2) is 0 Å². The molecule has 0 rings (SSSR count). The zero-order valence-electron chi connectivity index (χ0n) is 9.41. The Kier molecular flexibility index (Phi) is 9.35. The maximum atomic E-state index is 9.01. The third-order valence-electron chi connectivity index (χ3n) is 2.47. The number of hydrogen-bond acceptors (Lipinski definition) is 3. The SMILES string of the molecule is CCCC(CC)CCOCC(O)CO. The molecular weight excluding hydrogens is 180 g/mol. The molecule has 3 heteroatoms. The fraction of sp³-hybridized carbons (Fsp3) is 1.00. The molecule has 0 heterocycles. The van der Waals surface area contributed by atoms with Gasteiger partial charge in [0.2, 0.25) is 0 Å². The molecule has 0 aromatic carbocycles. The highest BCUT2D eigenvalue weighted by Gasteiger charge is 2.06. The van der Waals surface area contributed by atoms with E-state index in [1.807, 2.05) is 0 Å². The van der Waals surface area contributed by atoms with Crippen LogP contribution in [0.3, 0.4) is 0 Å². The van der Waals surface area contributed by atoms with Crippen molar-refractivity contribution in [3.63, 3.8) is 0 Å². The van der Waals surface area contributed by atoms with E-state index in [1.165, 1.54) is 19.3 Å². The van der Waals surface area contributed by atoms with E-state index in [9.17, 15) is 0 Å². The Hall–Kier alpha value is -0.120. The first-order valence-corrected chi connectivity index (χ1v) is 5.61. The average Bonchev–Trinajstić information content (AvgIpc) is 2.22. The van der Waals surface area contributed by atoms with Crippen LogP contribution in [0.2, 0.25) is 0 Å². The second-order valence-corrected chi connectivity index (χ2v) is 3.76. The molecule has 2 atom stereocenters. The lowest BCUT2D eigenvalue weighted by atomic mass is 9.98. The maximum absolute atomic E-state index is 9.01. The Morgan fingerprint density at radius 2 is 1.93 bits per heavy atom. The van der Waals surface area contributed by atoms with Gasteiger partial charge in [-0.1, -0.05) is 33.1 Å². The van der Waals surface area contributed by atoms with Crippen molar-refractivity contribution in [2.24, 2.45) is 5.92 Å². The van der Waals surface area contributed by atoms with Gasteiger partial charge >= 0.3 is 0 Å². The van der Waals surface area contributed by atoms with Crippen LogP contribution in [-0.2, 0) is 4.74 Å². The van der Waals surface area contributed by atoms with Gasteiger partial charge in [0, 0.05) is 6.61 Å². The van der Waals surface area contributed by atoms with E-state index < -0.39 is 6.10 Å². The first-order valence-electron chi connectivity index (χ1n) is 5.61. The highest BCUT2D eigenvalue weighted by Crippen LogP contribution is 2.14. The van der Waals surface area contributed by atoms with Crippen molar-refractivity contribution in [3.8, 4) is 0 Å². The molecule has 0 amide bonds. The van der Waals surface area contributed by atoms with Gasteiger partial charge < -0.3 is 14.9 Å². The first kappa shape index (κ1) is 13.9. The normalized spacial score (nSPS) is 15.4. The van der Waals surface area contributed by atoms with Crippen molar-refractivity contribution in [1.82, 2.24) is 0 Å². The molecule has 0 aliphatic heterocycles. The summed E-state index contributed by atoms with van der Waals surface area (Å²) in [4.78, 5) is 0. The molecule has 0 saturated carbocycles. The van der Waals surface area contributed by atoms with Gasteiger partial charge in [0.25, 0.3) is 0 Å². The van der Waals surface area contributed by atoms with E-state index in [0.717, 1.165) is 12.3 Å². The molecule has 0 bridgehead atoms. The molecule has 14 heavy (non-hydrogen) atoms. The lowest BCUT2D eigenvalue weighted by Crippen LogP contribution is -2.20. The summed E-state index contributed by atoms with van der Waals surface area (Å²) in [6.07, 6.45) is 4.00. The molecule has 0 radical (unpaired) electrons. The van der Waals surface area contributed by atoms with Crippen LogP contribution in [0.4, 0.5) is 0 Å². The lowest BCUT2D eigenvalue weighted by Gasteiger charge is -2.14. The lowest BCUT2D eigenvalue weighted by molar-refractivity contribution is 0.00242. The predicted octanol–water partition coefficient (Wildman–Crippen LogP) is 1.57. The van der Waals surface area contributed by atoms with Crippen LogP contribution in [0.15, 0.2) is 0 Å².